The van der Waals surface area contributed by atoms with Crippen LogP contribution in [-0.4, -0.2) is 35.2 Å². The Labute approximate surface area is 229 Å². The van der Waals surface area contributed by atoms with Crippen molar-refractivity contribution in [1.82, 2.24) is 10.2 Å². The molecular weight excluding hydrogens is 529 g/mol. The molecule has 1 aliphatic heterocycles. The molecule has 38 heavy (non-hydrogen) atoms. The van der Waals surface area contributed by atoms with Crippen molar-refractivity contribution in [3.8, 4) is 0 Å². The largest absolute Gasteiger partial charge is 0.462 e. The molecular formula is C28H23Cl2N3O5. The number of hydrogen-bond acceptors (Lipinski definition) is 6. The highest BCUT2D eigenvalue weighted by Gasteiger charge is 2.37. The number of nitrogens with one attached hydrogen (secondary N) is 2. The molecule has 10 heteroatoms. The van der Waals surface area contributed by atoms with E-state index in [0.29, 0.717) is 16.3 Å². The zero-order chi connectivity index (χ0) is 27.2. The van der Waals surface area contributed by atoms with E-state index in [1.54, 1.807) is 79.7 Å². The van der Waals surface area contributed by atoms with E-state index in [4.69, 9.17) is 27.9 Å². The lowest BCUT2D eigenvalue weighted by atomic mass is 10.1. The fourth-order valence-corrected chi connectivity index (χ4v) is 4.13. The van der Waals surface area contributed by atoms with Gasteiger partial charge in [-0.25, -0.2) is 4.79 Å². The highest BCUT2D eigenvalue weighted by molar-refractivity contribution is 6.47. The third-order valence-electron chi connectivity index (χ3n) is 5.72. The molecule has 2 N–H and O–H groups in total. The summed E-state index contributed by atoms with van der Waals surface area (Å²) in [7, 11) is 0. The SMILES string of the molecule is CCOC(=O)c1ccccc1NC(=O)c1ccc(CNC2=C(Cl)C(=O)N(Cc3ccc(Cl)cc3)C2=O)cc1. The lowest BCUT2D eigenvalue weighted by Gasteiger charge is -2.15. The molecule has 3 aromatic carbocycles. The number of imide groups is 1. The number of hydrogen-bond donors (Lipinski definition) is 2. The van der Waals surface area contributed by atoms with E-state index < -0.39 is 23.7 Å². The fraction of sp³-hybridized carbons (Fsp3) is 0.143. The standard InChI is InChI=1S/C28H23Cl2N3O5/c1-2-38-28(37)21-5-3-4-6-22(21)32-25(34)19-11-7-17(8-12-19)15-31-24-23(30)26(35)33(27(24)36)16-18-9-13-20(29)14-10-18/h3-14,31H,2,15-16H2,1H3,(H,32,34). The minimum Gasteiger partial charge on any atom is -0.462 e. The quantitative estimate of drug-likeness (QED) is 0.290. The normalized spacial score (nSPS) is 13.1. The van der Waals surface area contributed by atoms with Crippen molar-refractivity contribution in [3.05, 3.63) is 111 Å². The number of nitrogens with zero attached hydrogens (tertiary/aromatic N) is 1. The summed E-state index contributed by atoms with van der Waals surface area (Å²) >= 11 is 12.1. The van der Waals surface area contributed by atoms with E-state index in [9.17, 15) is 19.2 Å². The van der Waals surface area contributed by atoms with Gasteiger partial charge in [0, 0.05) is 17.1 Å². The molecule has 8 nitrogen and oxygen atoms in total. The van der Waals surface area contributed by atoms with Crippen molar-refractivity contribution in [1.29, 1.82) is 0 Å². The number of amides is 3. The molecule has 1 aliphatic rings. The number of carbonyl (C=O) groups excluding carboxylic acids is 4. The van der Waals surface area contributed by atoms with Crippen LogP contribution >= 0.6 is 23.2 Å². The molecule has 0 aromatic heterocycles. The molecule has 1 heterocycles. The summed E-state index contributed by atoms with van der Waals surface area (Å²) in [5.74, 6) is -2.03. The summed E-state index contributed by atoms with van der Waals surface area (Å²) in [6.07, 6.45) is 0. The van der Waals surface area contributed by atoms with Crippen LogP contribution in [-0.2, 0) is 27.4 Å². The molecule has 0 saturated heterocycles. The van der Waals surface area contributed by atoms with Crippen LogP contribution in [0.2, 0.25) is 5.02 Å². The topological polar surface area (TPSA) is 105 Å². The molecule has 3 amide bonds. The predicted molar refractivity (Wildman–Crippen MR) is 144 cm³/mol. The molecule has 0 spiro atoms. The van der Waals surface area contributed by atoms with E-state index >= 15 is 0 Å². The van der Waals surface area contributed by atoms with Gasteiger partial charge in [0.1, 0.15) is 10.7 Å². The number of ether oxygens (including phenoxy) is 1. The van der Waals surface area contributed by atoms with Gasteiger partial charge in [-0.3, -0.25) is 19.3 Å². The van der Waals surface area contributed by atoms with Gasteiger partial charge in [0.05, 0.1) is 24.4 Å². The van der Waals surface area contributed by atoms with Crippen LogP contribution in [0.3, 0.4) is 0 Å². The molecule has 0 fully saturated rings. The second-order valence-electron chi connectivity index (χ2n) is 8.28. The smallest absolute Gasteiger partial charge is 0.340 e. The summed E-state index contributed by atoms with van der Waals surface area (Å²) < 4.78 is 5.04. The van der Waals surface area contributed by atoms with Gasteiger partial charge in [-0.2, -0.15) is 0 Å². The summed E-state index contributed by atoms with van der Waals surface area (Å²) in [6, 6.07) is 20.1. The van der Waals surface area contributed by atoms with Crippen LogP contribution < -0.4 is 10.6 Å². The van der Waals surface area contributed by atoms with Gasteiger partial charge < -0.3 is 15.4 Å². The number of esters is 1. The number of carbonyl (C=O) groups is 4. The van der Waals surface area contributed by atoms with Gasteiger partial charge in [0.25, 0.3) is 17.7 Å². The Bertz CT molecular complexity index is 1420. The molecule has 0 atom stereocenters. The fourth-order valence-electron chi connectivity index (χ4n) is 3.75. The Kier molecular flexibility index (Phi) is 8.45. The van der Waals surface area contributed by atoms with Crippen LogP contribution in [0.25, 0.3) is 0 Å². The maximum atomic E-state index is 12.8. The summed E-state index contributed by atoms with van der Waals surface area (Å²) in [5, 5.41) is 6.04. The van der Waals surface area contributed by atoms with Gasteiger partial charge >= 0.3 is 5.97 Å². The summed E-state index contributed by atoms with van der Waals surface area (Å²) in [5.41, 5.74) is 2.47. The highest BCUT2D eigenvalue weighted by atomic mass is 35.5. The zero-order valence-electron chi connectivity index (χ0n) is 20.3. The van der Waals surface area contributed by atoms with E-state index in [1.165, 1.54) is 0 Å². The van der Waals surface area contributed by atoms with Gasteiger partial charge in [-0.15, -0.1) is 0 Å². The first-order valence-electron chi connectivity index (χ1n) is 11.7. The van der Waals surface area contributed by atoms with Crippen molar-refractivity contribution in [3.63, 3.8) is 0 Å². The molecule has 0 unspecified atom stereocenters. The maximum absolute atomic E-state index is 12.8. The highest BCUT2D eigenvalue weighted by Crippen LogP contribution is 2.25. The summed E-state index contributed by atoms with van der Waals surface area (Å²) in [6.45, 7) is 2.20. The van der Waals surface area contributed by atoms with E-state index in [-0.39, 0.29) is 36.0 Å². The third kappa shape index (κ3) is 6.04. The number of rotatable bonds is 9. The zero-order valence-corrected chi connectivity index (χ0v) is 21.8. The number of halogens is 2. The lowest BCUT2D eigenvalue weighted by molar-refractivity contribution is -0.138. The maximum Gasteiger partial charge on any atom is 0.340 e. The van der Waals surface area contributed by atoms with Crippen molar-refractivity contribution in [2.24, 2.45) is 0 Å². The van der Waals surface area contributed by atoms with Gasteiger partial charge in [0.2, 0.25) is 0 Å². The van der Waals surface area contributed by atoms with Gasteiger partial charge in [-0.05, 0) is 54.4 Å². The molecule has 0 radical (unpaired) electrons. The first-order valence-corrected chi connectivity index (χ1v) is 12.4. The molecule has 194 valence electrons. The molecule has 4 rings (SSSR count). The third-order valence-corrected chi connectivity index (χ3v) is 6.32. The van der Waals surface area contributed by atoms with Crippen LogP contribution in [0.5, 0.6) is 0 Å². The average Bonchev–Trinajstić information content (AvgIpc) is 3.12. The van der Waals surface area contributed by atoms with Crippen molar-refractivity contribution >= 4 is 52.6 Å². The van der Waals surface area contributed by atoms with Crippen LogP contribution in [0.4, 0.5) is 5.69 Å². The Morgan fingerprint density at radius 2 is 1.53 bits per heavy atom. The second-order valence-corrected chi connectivity index (χ2v) is 9.10. The van der Waals surface area contributed by atoms with E-state index in [1.807, 2.05) is 0 Å². The number of benzene rings is 3. The molecule has 3 aromatic rings. The summed E-state index contributed by atoms with van der Waals surface area (Å²) in [4.78, 5) is 51.4. The number of para-hydroxylation sites is 1. The van der Waals surface area contributed by atoms with Crippen molar-refractivity contribution in [2.45, 2.75) is 20.0 Å². The molecule has 0 aliphatic carbocycles. The Hall–Kier alpha value is -4.14. The lowest BCUT2D eigenvalue weighted by Crippen LogP contribution is -2.33. The van der Waals surface area contributed by atoms with Crippen LogP contribution in [0.15, 0.2) is 83.5 Å². The monoisotopic (exact) mass is 551 g/mol. The van der Waals surface area contributed by atoms with Crippen molar-refractivity contribution < 1.29 is 23.9 Å². The minimum absolute atomic E-state index is 0.0167. The van der Waals surface area contributed by atoms with Crippen LogP contribution in [0.1, 0.15) is 38.8 Å². The predicted octanol–water partition coefficient (Wildman–Crippen LogP) is 4.88. The average molecular weight is 552 g/mol. The minimum atomic E-state index is -0.579. The van der Waals surface area contributed by atoms with Gasteiger partial charge in [-0.1, -0.05) is 59.6 Å². The Balaban J connectivity index is 1.37. The van der Waals surface area contributed by atoms with E-state index in [2.05, 4.69) is 10.6 Å². The first kappa shape index (κ1) is 26.9. The Morgan fingerprint density at radius 1 is 0.868 bits per heavy atom. The number of anilines is 1. The molecule has 0 saturated carbocycles. The van der Waals surface area contributed by atoms with Crippen molar-refractivity contribution in [2.75, 3.05) is 11.9 Å². The van der Waals surface area contributed by atoms with Gasteiger partial charge in [0.15, 0.2) is 0 Å². The van der Waals surface area contributed by atoms with E-state index in [0.717, 1.165) is 16.0 Å². The second kappa shape index (κ2) is 11.9. The first-order chi connectivity index (χ1) is 18.3. The van der Waals surface area contributed by atoms with Crippen LogP contribution in [0, 0.1) is 0 Å². The Morgan fingerprint density at radius 3 is 2.21 bits per heavy atom. The molecule has 0 bridgehead atoms.